The van der Waals surface area contributed by atoms with Gasteiger partial charge in [0.15, 0.2) is 0 Å². The zero-order chi connectivity index (χ0) is 26.9. The minimum absolute atomic E-state index is 0.0930. The van der Waals surface area contributed by atoms with Crippen LogP contribution in [0.3, 0.4) is 0 Å². The van der Waals surface area contributed by atoms with Crippen LogP contribution in [0.15, 0.2) is 16.9 Å². The van der Waals surface area contributed by atoms with E-state index in [-0.39, 0.29) is 49.3 Å². The summed E-state index contributed by atoms with van der Waals surface area (Å²) in [4.78, 5) is 30.8. The van der Waals surface area contributed by atoms with Crippen molar-refractivity contribution in [2.45, 2.75) is 64.6 Å². The SMILES string of the molecule is CCC1C(=O)OCc2c1cc1n(c2=O)Cc2c-1nc1cc(F)c(C)c3c1c2C(NS(=O)(=O)CCCO)CC3. The standard InChI is InChI=1S/C27H28FN3O6S/c1-3-14-16-9-22-25-17(11-31(22)26(33)18(16)12-37-27(14)34)24-20(30-38(35,36)8-4-7-32)6-5-15-13(2)19(28)10-21(29-25)23(15)24/h9-10,14,20,30,32H,3-8,11-12H2,1-2H3. The highest BCUT2D eigenvalue weighted by Crippen LogP contribution is 2.45. The van der Waals surface area contributed by atoms with Gasteiger partial charge in [-0.3, -0.25) is 9.59 Å². The Bertz CT molecular complexity index is 1700. The van der Waals surface area contributed by atoms with Crippen LogP contribution in [-0.4, -0.2) is 41.4 Å². The maximum atomic E-state index is 15.0. The Balaban J connectivity index is 1.60. The highest BCUT2D eigenvalue weighted by molar-refractivity contribution is 7.89. The van der Waals surface area contributed by atoms with Gasteiger partial charge in [0, 0.05) is 29.7 Å². The molecule has 0 fully saturated rings. The highest BCUT2D eigenvalue weighted by atomic mass is 32.2. The van der Waals surface area contributed by atoms with Crippen LogP contribution in [0.1, 0.15) is 71.5 Å². The predicted octanol–water partition coefficient (Wildman–Crippen LogP) is 2.71. The van der Waals surface area contributed by atoms with Crippen LogP contribution in [-0.2, 0) is 39.1 Å². The molecule has 0 radical (unpaired) electrons. The molecular formula is C27H28FN3O6S. The number of cyclic esters (lactones) is 1. The lowest BCUT2D eigenvalue weighted by Crippen LogP contribution is -2.34. The van der Waals surface area contributed by atoms with Gasteiger partial charge in [-0.15, -0.1) is 0 Å². The Morgan fingerprint density at radius 3 is 2.76 bits per heavy atom. The van der Waals surface area contributed by atoms with E-state index in [2.05, 4.69) is 4.72 Å². The van der Waals surface area contributed by atoms with Crippen LogP contribution in [0.5, 0.6) is 0 Å². The number of carbonyl (C=O) groups is 1. The van der Waals surface area contributed by atoms with Crippen LogP contribution in [0.2, 0.25) is 0 Å². The van der Waals surface area contributed by atoms with Gasteiger partial charge in [0.05, 0.1) is 40.7 Å². The normalized spacial score (nSPS) is 19.7. The van der Waals surface area contributed by atoms with Gasteiger partial charge in [-0.2, -0.15) is 0 Å². The van der Waals surface area contributed by atoms with Crippen molar-refractivity contribution in [3.05, 3.63) is 61.7 Å². The van der Waals surface area contributed by atoms with E-state index in [1.165, 1.54) is 6.07 Å². The van der Waals surface area contributed by atoms with Crippen molar-refractivity contribution in [1.82, 2.24) is 14.3 Å². The fraction of sp³-hybridized carbons (Fsp3) is 0.444. The molecule has 0 spiro atoms. The van der Waals surface area contributed by atoms with E-state index in [9.17, 15) is 22.4 Å². The minimum Gasteiger partial charge on any atom is -0.460 e. The monoisotopic (exact) mass is 541 g/mol. The van der Waals surface area contributed by atoms with Crippen LogP contribution in [0.25, 0.3) is 22.3 Å². The Morgan fingerprint density at radius 1 is 1.24 bits per heavy atom. The molecule has 9 nitrogen and oxygen atoms in total. The lowest BCUT2D eigenvalue weighted by molar-refractivity contribution is -0.148. The highest BCUT2D eigenvalue weighted by Gasteiger charge is 2.38. The third-order valence-electron chi connectivity index (χ3n) is 8.09. The van der Waals surface area contributed by atoms with E-state index in [4.69, 9.17) is 14.8 Å². The zero-order valence-electron chi connectivity index (χ0n) is 21.1. The van der Waals surface area contributed by atoms with Crippen molar-refractivity contribution in [2.75, 3.05) is 12.4 Å². The number of rotatable bonds is 6. The molecule has 2 atom stereocenters. The van der Waals surface area contributed by atoms with Gasteiger partial charge in [-0.1, -0.05) is 6.92 Å². The van der Waals surface area contributed by atoms with Gasteiger partial charge in [-0.05, 0) is 60.9 Å². The molecule has 2 N–H and O–H groups in total. The molecular weight excluding hydrogens is 513 g/mol. The average molecular weight is 542 g/mol. The smallest absolute Gasteiger partial charge is 0.313 e. The van der Waals surface area contributed by atoms with Crippen LogP contribution >= 0.6 is 0 Å². The third-order valence-corrected chi connectivity index (χ3v) is 9.56. The zero-order valence-corrected chi connectivity index (χ0v) is 22.0. The molecule has 2 unspecified atom stereocenters. The van der Waals surface area contributed by atoms with Crippen LogP contribution in [0, 0.1) is 12.7 Å². The summed E-state index contributed by atoms with van der Waals surface area (Å²) in [5.41, 5.74) is 4.96. The second-order valence-electron chi connectivity index (χ2n) is 10.2. The van der Waals surface area contributed by atoms with E-state index in [0.29, 0.717) is 58.4 Å². The van der Waals surface area contributed by atoms with Gasteiger partial charge in [0.25, 0.3) is 5.56 Å². The molecule has 3 aromatic rings. The van der Waals surface area contributed by atoms with E-state index in [1.54, 1.807) is 11.5 Å². The van der Waals surface area contributed by atoms with E-state index < -0.39 is 22.0 Å². The quantitative estimate of drug-likeness (QED) is 0.359. The van der Waals surface area contributed by atoms with Crippen LogP contribution < -0.4 is 10.3 Å². The Labute approximate surface area is 218 Å². The summed E-state index contributed by atoms with van der Waals surface area (Å²) < 4.78 is 50.3. The number of pyridine rings is 2. The van der Waals surface area contributed by atoms with Gasteiger partial charge in [0.2, 0.25) is 10.0 Å². The number of sulfonamides is 1. The maximum absolute atomic E-state index is 15.0. The first-order chi connectivity index (χ1) is 18.1. The van der Waals surface area contributed by atoms with Crippen molar-refractivity contribution in [3.8, 4) is 11.4 Å². The van der Waals surface area contributed by atoms with Crippen molar-refractivity contribution in [1.29, 1.82) is 0 Å². The largest absolute Gasteiger partial charge is 0.460 e. The number of benzene rings is 1. The molecule has 0 saturated heterocycles. The number of fused-ring (bicyclic) bond motifs is 5. The van der Waals surface area contributed by atoms with E-state index >= 15 is 0 Å². The predicted molar refractivity (Wildman–Crippen MR) is 138 cm³/mol. The molecule has 0 amide bonds. The number of esters is 1. The number of aryl methyl sites for hydroxylation is 1. The first kappa shape index (κ1) is 25.1. The van der Waals surface area contributed by atoms with Gasteiger partial charge in [0.1, 0.15) is 12.4 Å². The second kappa shape index (κ2) is 8.96. The molecule has 6 rings (SSSR count). The van der Waals surface area contributed by atoms with Gasteiger partial charge >= 0.3 is 5.97 Å². The number of aliphatic hydroxyl groups excluding tert-OH is 1. The van der Waals surface area contributed by atoms with Crippen molar-refractivity contribution >= 4 is 26.9 Å². The summed E-state index contributed by atoms with van der Waals surface area (Å²) in [7, 11) is -3.71. The lowest BCUT2D eigenvalue weighted by Gasteiger charge is -2.29. The van der Waals surface area contributed by atoms with Crippen molar-refractivity contribution < 1.29 is 27.4 Å². The molecule has 0 bridgehead atoms. The minimum atomic E-state index is -3.71. The van der Waals surface area contributed by atoms with Crippen LogP contribution in [0.4, 0.5) is 4.39 Å². The number of halogens is 1. The molecule has 38 heavy (non-hydrogen) atoms. The van der Waals surface area contributed by atoms with Crippen molar-refractivity contribution in [3.63, 3.8) is 0 Å². The molecule has 1 aromatic carbocycles. The number of hydrogen-bond donors (Lipinski definition) is 2. The molecule has 2 aliphatic heterocycles. The topological polar surface area (TPSA) is 128 Å². The fourth-order valence-corrected chi connectivity index (χ4v) is 7.52. The third kappa shape index (κ3) is 3.70. The number of aliphatic hydroxyl groups is 1. The summed E-state index contributed by atoms with van der Waals surface area (Å²) >= 11 is 0. The summed E-state index contributed by atoms with van der Waals surface area (Å²) in [5, 5.41) is 9.86. The summed E-state index contributed by atoms with van der Waals surface area (Å²) in [6.07, 6.45) is 1.48. The molecule has 3 aliphatic rings. The van der Waals surface area contributed by atoms with Gasteiger partial charge in [-0.25, -0.2) is 22.5 Å². The number of nitrogens with one attached hydrogen (secondary N) is 1. The molecule has 200 valence electrons. The summed E-state index contributed by atoms with van der Waals surface area (Å²) in [5.74, 6) is -1.53. The average Bonchev–Trinajstić information content (AvgIpc) is 3.25. The first-order valence-corrected chi connectivity index (χ1v) is 14.5. The fourth-order valence-electron chi connectivity index (χ4n) is 6.22. The first-order valence-electron chi connectivity index (χ1n) is 12.8. The number of aromatic nitrogens is 2. The Hall–Kier alpha value is -3.15. The second-order valence-corrected chi connectivity index (χ2v) is 12.1. The number of ether oxygens (including phenoxy) is 1. The number of nitrogens with zero attached hydrogens (tertiary/aromatic N) is 2. The lowest BCUT2D eigenvalue weighted by atomic mass is 9.82. The molecule has 2 aromatic heterocycles. The Kier molecular flexibility index (Phi) is 5.93. The molecule has 4 heterocycles. The van der Waals surface area contributed by atoms with E-state index in [0.717, 1.165) is 16.5 Å². The molecule has 0 saturated carbocycles. The summed E-state index contributed by atoms with van der Waals surface area (Å²) in [6, 6.07) is 2.59. The number of hydrogen-bond acceptors (Lipinski definition) is 7. The number of carbonyl (C=O) groups excluding carboxylic acids is 1. The molecule has 11 heteroatoms. The summed E-state index contributed by atoms with van der Waals surface area (Å²) in [6.45, 7) is 3.42. The van der Waals surface area contributed by atoms with Crippen molar-refractivity contribution in [2.24, 2.45) is 0 Å². The van der Waals surface area contributed by atoms with Gasteiger partial charge < -0.3 is 14.4 Å². The maximum Gasteiger partial charge on any atom is 0.313 e. The Morgan fingerprint density at radius 2 is 2.03 bits per heavy atom. The van der Waals surface area contributed by atoms with E-state index in [1.807, 2.05) is 13.0 Å². The molecule has 1 aliphatic carbocycles.